The van der Waals surface area contributed by atoms with Crippen LogP contribution in [0.4, 0.5) is 0 Å². The molecule has 0 aliphatic heterocycles. The quantitative estimate of drug-likeness (QED) is 0.759. The Balaban J connectivity index is 2.54. The number of rotatable bonds is 9. The second kappa shape index (κ2) is 8.90. The fraction of sp³-hybridized carbons (Fsp3) is 0.647. The van der Waals surface area contributed by atoms with E-state index in [1.165, 1.54) is 12.0 Å². The highest BCUT2D eigenvalue weighted by atomic mass is 16.5. The number of nitrogens with one attached hydrogen (secondary N) is 1. The molecule has 4 nitrogen and oxygen atoms in total. The molecule has 120 valence electrons. The van der Waals surface area contributed by atoms with Crippen molar-refractivity contribution >= 4 is 0 Å². The van der Waals surface area contributed by atoms with Crippen molar-refractivity contribution in [3.05, 3.63) is 23.8 Å². The second-order valence-corrected chi connectivity index (χ2v) is 6.07. The molecule has 1 atom stereocenters. The van der Waals surface area contributed by atoms with Crippen LogP contribution >= 0.6 is 0 Å². The van der Waals surface area contributed by atoms with Crippen LogP contribution < -0.4 is 14.8 Å². The highest BCUT2D eigenvalue weighted by Crippen LogP contribution is 2.27. The van der Waals surface area contributed by atoms with Gasteiger partial charge < -0.3 is 19.7 Å². The van der Waals surface area contributed by atoms with E-state index in [0.717, 1.165) is 24.6 Å². The third kappa shape index (κ3) is 5.94. The van der Waals surface area contributed by atoms with Gasteiger partial charge in [-0.25, -0.2) is 0 Å². The molecule has 1 unspecified atom stereocenters. The maximum Gasteiger partial charge on any atom is 0.161 e. The molecule has 0 saturated heterocycles. The van der Waals surface area contributed by atoms with Crippen LogP contribution in [0.15, 0.2) is 18.2 Å². The molecule has 0 aliphatic carbocycles. The molecule has 0 fully saturated rings. The molecular weight excluding hydrogens is 264 g/mol. The minimum Gasteiger partial charge on any atom is -0.493 e. The van der Waals surface area contributed by atoms with E-state index in [9.17, 15) is 0 Å². The number of likely N-dealkylation sites (N-methyl/N-ethyl adjacent to an activating group) is 1. The van der Waals surface area contributed by atoms with Gasteiger partial charge in [-0.2, -0.15) is 0 Å². The molecule has 1 N–H and O–H groups in total. The molecule has 1 aromatic rings. The van der Waals surface area contributed by atoms with Gasteiger partial charge >= 0.3 is 0 Å². The molecule has 1 aromatic carbocycles. The highest BCUT2D eigenvalue weighted by Gasteiger charge is 2.13. The van der Waals surface area contributed by atoms with E-state index in [-0.39, 0.29) is 0 Å². The average molecular weight is 294 g/mol. The number of hydrogen-bond acceptors (Lipinski definition) is 4. The second-order valence-electron chi connectivity index (χ2n) is 6.07. The zero-order chi connectivity index (χ0) is 15.8. The first-order chi connectivity index (χ1) is 9.97. The van der Waals surface area contributed by atoms with Gasteiger partial charge in [0.1, 0.15) is 0 Å². The van der Waals surface area contributed by atoms with Crippen LogP contribution in [0.25, 0.3) is 0 Å². The topological polar surface area (TPSA) is 33.7 Å². The van der Waals surface area contributed by atoms with Crippen molar-refractivity contribution in [1.29, 1.82) is 0 Å². The number of methoxy groups -OCH3 is 2. The van der Waals surface area contributed by atoms with E-state index in [4.69, 9.17) is 9.47 Å². The zero-order valence-corrected chi connectivity index (χ0v) is 14.3. The van der Waals surface area contributed by atoms with Crippen molar-refractivity contribution in [2.75, 3.05) is 34.9 Å². The van der Waals surface area contributed by atoms with Gasteiger partial charge in [0.25, 0.3) is 0 Å². The van der Waals surface area contributed by atoms with Crippen LogP contribution in [0.5, 0.6) is 11.5 Å². The third-order valence-electron chi connectivity index (χ3n) is 3.63. The van der Waals surface area contributed by atoms with Crippen molar-refractivity contribution < 1.29 is 9.47 Å². The SMILES string of the molecule is COc1ccc(CNCC(CC(C)C)N(C)C)cc1OC. The van der Waals surface area contributed by atoms with Crippen LogP contribution in [-0.2, 0) is 6.54 Å². The van der Waals surface area contributed by atoms with Crippen molar-refractivity contribution in [3.8, 4) is 11.5 Å². The fourth-order valence-electron chi connectivity index (χ4n) is 2.39. The average Bonchev–Trinajstić information content (AvgIpc) is 2.45. The smallest absolute Gasteiger partial charge is 0.161 e. The minimum absolute atomic E-state index is 0.560. The lowest BCUT2D eigenvalue weighted by molar-refractivity contribution is 0.246. The number of hydrogen-bond donors (Lipinski definition) is 1. The van der Waals surface area contributed by atoms with Gasteiger partial charge in [-0.05, 0) is 44.1 Å². The van der Waals surface area contributed by atoms with Gasteiger partial charge in [0, 0.05) is 19.1 Å². The summed E-state index contributed by atoms with van der Waals surface area (Å²) in [6, 6.07) is 6.61. The van der Waals surface area contributed by atoms with Crippen molar-refractivity contribution in [2.24, 2.45) is 5.92 Å². The Bertz CT molecular complexity index is 419. The molecular formula is C17H30N2O2. The lowest BCUT2D eigenvalue weighted by Gasteiger charge is -2.26. The Morgan fingerprint density at radius 3 is 2.29 bits per heavy atom. The molecule has 0 saturated carbocycles. The van der Waals surface area contributed by atoms with E-state index >= 15 is 0 Å². The Morgan fingerprint density at radius 1 is 1.10 bits per heavy atom. The first-order valence-corrected chi connectivity index (χ1v) is 7.56. The molecule has 0 amide bonds. The third-order valence-corrected chi connectivity index (χ3v) is 3.63. The fourth-order valence-corrected chi connectivity index (χ4v) is 2.39. The van der Waals surface area contributed by atoms with Crippen LogP contribution in [0.3, 0.4) is 0 Å². The van der Waals surface area contributed by atoms with E-state index in [1.54, 1.807) is 14.2 Å². The molecule has 0 aliphatic rings. The molecule has 0 spiro atoms. The highest BCUT2D eigenvalue weighted by molar-refractivity contribution is 5.42. The maximum absolute atomic E-state index is 5.33. The van der Waals surface area contributed by atoms with Crippen molar-refractivity contribution in [1.82, 2.24) is 10.2 Å². The molecule has 1 rings (SSSR count). The van der Waals surface area contributed by atoms with Crippen molar-refractivity contribution in [3.63, 3.8) is 0 Å². The molecule has 0 radical (unpaired) electrons. The Kier molecular flexibility index (Phi) is 7.54. The molecule has 0 bridgehead atoms. The largest absolute Gasteiger partial charge is 0.493 e. The maximum atomic E-state index is 5.33. The number of ether oxygens (including phenoxy) is 2. The van der Waals surface area contributed by atoms with Gasteiger partial charge in [-0.15, -0.1) is 0 Å². The number of benzene rings is 1. The standard InChI is InChI=1S/C17H30N2O2/c1-13(2)9-15(19(3)4)12-18-11-14-7-8-16(20-5)17(10-14)21-6/h7-8,10,13,15,18H,9,11-12H2,1-6H3. The Labute approximate surface area is 129 Å². The van der Waals surface area contributed by atoms with Crippen LogP contribution in [-0.4, -0.2) is 45.8 Å². The first-order valence-electron chi connectivity index (χ1n) is 7.56. The van der Waals surface area contributed by atoms with Crippen LogP contribution in [0.1, 0.15) is 25.8 Å². The summed E-state index contributed by atoms with van der Waals surface area (Å²) >= 11 is 0. The summed E-state index contributed by atoms with van der Waals surface area (Å²) in [7, 11) is 7.61. The van der Waals surface area contributed by atoms with E-state index in [1.807, 2.05) is 12.1 Å². The van der Waals surface area contributed by atoms with Gasteiger partial charge in [-0.3, -0.25) is 0 Å². The van der Waals surface area contributed by atoms with Crippen molar-refractivity contribution in [2.45, 2.75) is 32.9 Å². The normalized spacial score (nSPS) is 12.8. The first kappa shape index (κ1) is 17.8. The summed E-state index contributed by atoms with van der Waals surface area (Å²) in [6.45, 7) is 6.36. The van der Waals surface area contributed by atoms with Gasteiger partial charge in [-0.1, -0.05) is 19.9 Å². The summed E-state index contributed by atoms with van der Waals surface area (Å²) in [6.07, 6.45) is 1.20. The predicted molar refractivity (Wildman–Crippen MR) is 88.2 cm³/mol. The molecule has 0 heterocycles. The lowest BCUT2D eigenvalue weighted by atomic mass is 10.0. The van der Waals surface area contributed by atoms with E-state index in [0.29, 0.717) is 12.0 Å². The zero-order valence-electron chi connectivity index (χ0n) is 14.3. The molecule has 4 heteroatoms. The van der Waals surface area contributed by atoms with E-state index in [2.05, 4.69) is 44.2 Å². The number of nitrogens with zero attached hydrogens (tertiary/aromatic N) is 1. The summed E-state index contributed by atoms with van der Waals surface area (Å²) < 4.78 is 10.6. The molecule has 0 aromatic heterocycles. The Morgan fingerprint density at radius 2 is 1.76 bits per heavy atom. The van der Waals surface area contributed by atoms with Crippen LogP contribution in [0, 0.1) is 5.92 Å². The van der Waals surface area contributed by atoms with Gasteiger partial charge in [0.05, 0.1) is 14.2 Å². The minimum atomic E-state index is 0.560. The van der Waals surface area contributed by atoms with Crippen LogP contribution in [0.2, 0.25) is 0 Å². The van der Waals surface area contributed by atoms with Gasteiger partial charge in [0.2, 0.25) is 0 Å². The predicted octanol–water partition coefficient (Wildman–Crippen LogP) is 2.77. The summed E-state index contributed by atoms with van der Waals surface area (Å²) in [5.74, 6) is 2.26. The van der Waals surface area contributed by atoms with E-state index < -0.39 is 0 Å². The van der Waals surface area contributed by atoms with Gasteiger partial charge in [0.15, 0.2) is 11.5 Å². The monoisotopic (exact) mass is 294 g/mol. The summed E-state index contributed by atoms with van der Waals surface area (Å²) in [5, 5.41) is 3.54. The lowest BCUT2D eigenvalue weighted by Crippen LogP contribution is -2.38. The Hall–Kier alpha value is -1.26. The molecule has 21 heavy (non-hydrogen) atoms. The summed E-state index contributed by atoms with van der Waals surface area (Å²) in [5.41, 5.74) is 1.20. The summed E-state index contributed by atoms with van der Waals surface area (Å²) in [4.78, 5) is 2.29.